The first-order valence-corrected chi connectivity index (χ1v) is 12.7. The van der Waals surface area contributed by atoms with Crippen LogP contribution < -0.4 is 0 Å². The predicted octanol–water partition coefficient (Wildman–Crippen LogP) is 4.22. The largest absolute Gasteiger partial charge is 0.393 e. The summed E-state index contributed by atoms with van der Waals surface area (Å²) in [5.74, 6) is 0.926. The highest BCUT2D eigenvalue weighted by Gasteiger charge is 2.66. The molecule has 0 amide bonds. The number of fused-ring (bicyclic) bond motifs is 5. The number of rotatable bonds is 1. The third-order valence-corrected chi connectivity index (χ3v) is 10.6. The zero-order valence-corrected chi connectivity index (χ0v) is 19.4. The summed E-state index contributed by atoms with van der Waals surface area (Å²) in [4.78, 5) is 0. The molecule has 4 aliphatic carbocycles. The van der Waals surface area contributed by atoms with Crippen LogP contribution in [0.15, 0.2) is 11.6 Å². The van der Waals surface area contributed by atoms with Crippen molar-refractivity contribution in [2.75, 3.05) is 17.6 Å². The van der Waals surface area contributed by atoms with Crippen molar-refractivity contribution in [2.45, 2.75) is 82.7 Å². The molecule has 0 bridgehead atoms. The van der Waals surface area contributed by atoms with Crippen molar-refractivity contribution in [3.8, 4) is 0 Å². The standard InChI is InChI=1S/C23H35IO4/c1-15-11-27-23(28-12-15)10-9-21(14-24)18-6-7-20(2)17(3-4-19(20)25)16(18)5-8-22(21,26)13-23/h6,15-17,19,25-26H,3-5,7-14H2,1-2H3/t15?,16-,17-,19-,20-,21-,22+,23?/m0/s1. The molecule has 6 atom stereocenters. The van der Waals surface area contributed by atoms with E-state index in [0.29, 0.717) is 24.2 Å². The second kappa shape index (κ2) is 6.65. The molecule has 4 fully saturated rings. The maximum Gasteiger partial charge on any atom is 0.171 e. The van der Waals surface area contributed by atoms with Crippen LogP contribution in [-0.2, 0) is 9.47 Å². The fraction of sp³-hybridized carbons (Fsp3) is 0.913. The molecular weight excluding hydrogens is 467 g/mol. The number of hydrogen-bond acceptors (Lipinski definition) is 4. The van der Waals surface area contributed by atoms with Crippen molar-refractivity contribution in [3.05, 3.63) is 11.6 Å². The van der Waals surface area contributed by atoms with Crippen LogP contribution in [0.2, 0.25) is 0 Å². The van der Waals surface area contributed by atoms with Crippen LogP contribution in [0.3, 0.4) is 0 Å². The normalized spacial score (nSPS) is 56.0. The molecule has 0 radical (unpaired) electrons. The Hall–Kier alpha value is 0.310. The topological polar surface area (TPSA) is 58.9 Å². The van der Waals surface area contributed by atoms with Crippen molar-refractivity contribution in [1.29, 1.82) is 0 Å². The van der Waals surface area contributed by atoms with Crippen LogP contribution in [0, 0.1) is 28.6 Å². The van der Waals surface area contributed by atoms with Gasteiger partial charge in [-0.1, -0.05) is 48.1 Å². The van der Waals surface area contributed by atoms with Gasteiger partial charge in [-0.25, -0.2) is 0 Å². The SMILES string of the molecule is CC1COC2(CC[C@]3(CI)C4=CC[C@]5(C)[C@@H](O)CC[C@H]5[C@@H]4CC[C@@]3(O)C2)OC1. The van der Waals surface area contributed by atoms with Gasteiger partial charge < -0.3 is 19.7 Å². The average molecular weight is 502 g/mol. The van der Waals surface area contributed by atoms with Gasteiger partial charge in [0.2, 0.25) is 0 Å². The fourth-order valence-electron chi connectivity index (χ4n) is 7.46. The minimum Gasteiger partial charge on any atom is -0.393 e. The molecule has 158 valence electrons. The van der Waals surface area contributed by atoms with E-state index >= 15 is 0 Å². The Morgan fingerprint density at radius 3 is 2.61 bits per heavy atom. The molecule has 1 aliphatic heterocycles. The van der Waals surface area contributed by atoms with Crippen molar-refractivity contribution in [3.63, 3.8) is 0 Å². The van der Waals surface area contributed by atoms with E-state index in [4.69, 9.17) is 9.47 Å². The Kier molecular flexibility index (Phi) is 4.81. The van der Waals surface area contributed by atoms with Crippen LogP contribution in [0.1, 0.15) is 65.2 Å². The number of aliphatic hydroxyl groups excluding tert-OH is 1. The number of halogens is 1. The molecule has 3 saturated carbocycles. The van der Waals surface area contributed by atoms with E-state index in [1.807, 2.05) is 0 Å². The summed E-state index contributed by atoms with van der Waals surface area (Å²) in [7, 11) is 0. The number of allylic oxidation sites excluding steroid dienone is 1. The molecular formula is C23H35IO4. The molecule has 4 nitrogen and oxygen atoms in total. The monoisotopic (exact) mass is 502 g/mol. The van der Waals surface area contributed by atoms with E-state index in [1.165, 1.54) is 5.57 Å². The molecule has 5 heteroatoms. The molecule has 28 heavy (non-hydrogen) atoms. The molecule has 1 spiro atoms. The van der Waals surface area contributed by atoms with Crippen LogP contribution >= 0.6 is 22.6 Å². The molecule has 0 aromatic heterocycles. The van der Waals surface area contributed by atoms with Gasteiger partial charge in [-0.15, -0.1) is 0 Å². The average Bonchev–Trinajstić information content (AvgIpc) is 2.99. The van der Waals surface area contributed by atoms with Gasteiger partial charge in [0, 0.05) is 34.0 Å². The summed E-state index contributed by atoms with van der Waals surface area (Å²) in [6.45, 7) is 5.92. The Balaban J connectivity index is 1.49. The Bertz CT molecular complexity index is 672. The van der Waals surface area contributed by atoms with Crippen molar-refractivity contribution >= 4 is 22.6 Å². The highest BCUT2D eigenvalue weighted by atomic mass is 127. The zero-order valence-electron chi connectivity index (χ0n) is 17.3. The van der Waals surface area contributed by atoms with Gasteiger partial charge in [0.15, 0.2) is 5.79 Å². The molecule has 1 heterocycles. The first-order chi connectivity index (χ1) is 13.3. The van der Waals surface area contributed by atoms with E-state index in [1.54, 1.807) is 0 Å². The fourth-order valence-corrected chi connectivity index (χ4v) is 9.00. The van der Waals surface area contributed by atoms with Crippen LogP contribution in [0.5, 0.6) is 0 Å². The van der Waals surface area contributed by atoms with E-state index in [0.717, 1.165) is 62.6 Å². The summed E-state index contributed by atoms with van der Waals surface area (Å²) in [5, 5.41) is 22.7. The Labute approximate surface area is 182 Å². The molecule has 5 aliphatic rings. The second-order valence-corrected chi connectivity index (χ2v) is 11.5. The summed E-state index contributed by atoms with van der Waals surface area (Å²) < 4.78 is 13.4. The first kappa shape index (κ1) is 20.2. The molecule has 2 N–H and O–H groups in total. The third-order valence-electron chi connectivity index (χ3n) is 9.30. The zero-order chi connectivity index (χ0) is 19.8. The van der Waals surface area contributed by atoms with Gasteiger partial charge in [0.25, 0.3) is 0 Å². The Morgan fingerprint density at radius 1 is 1.14 bits per heavy atom. The third kappa shape index (κ3) is 2.61. The number of ether oxygens (including phenoxy) is 2. The van der Waals surface area contributed by atoms with E-state index in [9.17, 15) is 10.2 Å². The highest BCUT2D eigenvalue weighted by Crippen LogP contribution is 2.67. The summed E-state index contributed by atoms with van der Waals surface area (Å²) in [6.07, 6.45) is 9.54. The van der Waals surface area contributed by atoms with Crippen LogP contribution in [0.25, 0.3) is 0 Å². The summed E-state index contributed by atoms with van der Waals surface area (Å²) >= 11 is 2.51. The maximum atomic E-state index is 12.1. The van der Waals surface area contributed by atoms with Crippen molar-refractivity contribution in [1.82, 2.24) is 0 Å². The number of alkyl halides is 1. The summed E-state index contributed by atoms with van der Waals surface area (Å²) in [6, 6.07) is 0. The molecule has 1 saturated heterocycles. The molecule has 0 unspecified atom stereocenters. The molecule has 0 aromatic rings. The van der Waals surface area contributed by atoms with Gasteiger partial charge in [-0.05, 0) is 50.4 Å². The van der Waals surface area contributed by atoms with Gasteiger partial charge in [-0.3, -0.25) is 0 Å². The van der Waals surface area contributed by atoms with E-state index in [-0.39, 0.29) is 16.9 Å². The highest BCUT2D eigenvalue weighted by molar-refractivity contribution is 14.1. The molecule has 0 aromatic carbocycles. The minimum atomic E-state index is -0.750. The number of aliphatic hydroxyl groups is 2. The van der Waals surface area contributed by atoms with Crippen molar-refractivity contribution < 1.29 is 19.7 Å². The van der Waals surface area contributed by atoms with Gasteiger partial charge in [-0.2, -0.15) is 0 Å². The summed E-state index contributed by atoms with van der Waals surface area (Å²) in [5.41, 5.74) is 0.621. The second-order valence-electron chi connectivity index (χ2n) is 10.8. The van der Waals surface area contributed by atoms with Crippen LogP contribution in [0.4, 0.5) is 0 Å². The van der Waals surface area contributed by atoms with E-state index < -0.39 is 11.4 Å². The predicted molar refractivity (Wildman–Crippen MR) is 116 cm³/mol. The van der Waals surface area contributed by atoms with E-state index in [2.05, 4.69) is 42.5 Å². The van der Waals surface area contributed by atoms with Gasteiger partial charge >= 0.3 is 0 Å². The number of hydrogen-bond donors (Lipinski definition) is 2. The van der Waals surface area contributed by atoms with Gasteiger partial charge in [0.1, 0.15) is 0 Å². The molecule has 5 rings (SSSR count). The lowest BCUT2D eigenvalue weighted by molar-refractivity contribution is -0.329. The van der Waals surface area contributed by atoms with Crippen molar-refractivity contribution in [2.24, 2.45) is 28.6 Å². The lowest BCUT2D eigenvalue weighted by Crippen LogP contribution is -2.65. The first-order valence-electron chi connectivity index (χ1n) is 11.2. The minimum absolute atomic E-state index is 0.0255. The smallest absolute Gasteiger partial charge is 0.171 e. The maximum absolute atomic E-state index is 12.1. The lowest BCUT2D eigenvalue weighted by atomic mass is 9.47. The van der Waals surface area contributed by atoms with Crippen LogP contribution in [-0.4, -0.2) is 45.3 Å². The lowest BCUT2D eigenvalue weighted by Gasteiger charge is -2.63. The quantitative estimate of drug-likeness (QED) is 0.320. The Morgan fingerprint density at radius 2 is 1.89 bits per heavy atom. The van der Waals surface area contributed by atoms with Gasteiger partial charge in [0.05, 0.1) is 24.9 Å².